The summed E-state index contributed by atoms with van der Waals surface area (Å²) in [6.07, 6.45) is 3.21. The van der Waals surface area contributed by atoms with Crippen molar-refractivity contribution < 1.29 is 9.90 Å². The van der Waals surface area contributed by atoms with Crippen LogP contribution in [-0.2, 0) is 4.79 Å². The Balaban J connectivity index is 1.87. The molecule has 0 aliphatic heterocycles. The summed E-state index contributed by atoms with van der Waals surface area (Å²) in [4.78, 5) is 11.5. The maximum Gasteiger partial charge on any atom is 0.356 e. The SMILES string of the molecule is Cc1nn(-c2ccccc2)c(C)c1/C=C/C(=N/Nc1ccccc1)C(=O)O. The third-order valence-electron chi connectivity index (χ3n) is 4.05. The zero-order chi connectivity index (χ0) is 19.2. The molecule has 0 aliphatic rings. The van der Waals surface area contributed by atoms with E-state index in [4.69, 9.17) is 0 Å². The van der Waals surface area contributed by atoms with Crippen molar-refractivity contribution in [2.45, 2.75) is 13.8 Å². The Morgan fingerprint density at radius 3 is 2.33 bits per heavy atom. The lowest BCUT2D eigenvalue weighted by Crippen LogP contribution is -2.12. The first-order valence-corrected chi connectivity index (χ1v) is 8.48. The van der Waals surface area contributed by atoms with Gasteiger partial charge in [0.15, 0.2) is 5.71 Å². The maximum atomic E-state index is 11.5. The number of carboxylic acids is 1. The number of nitrogens with zero attached hydrogens (tertiary/aromatic N) is 3. The van der Waals surface area contributed by atoms with Crippen LogP contribution in [0.5, 0.6) is 0 Å². The van der Waals surface area contributed by atoms with Crippen molar-refractivity contribution in [2.24, 2.45) is 5.10 Å². The third kappa shape index (κ3) is 4.30. The van der Waals surface area contributed by atoms with Crippen LogP contribution in [0.2, 0.25) is 0 Å². The van der Waals surface area contributed by atoms with E-state index in [1.165, 1.54) is 6.08 Å². The second-order valence-corrected chi connectivity index (χ2v) is 5.95. The quantitative estimate of drug-likeness (QED) is 0.513. The van der Waals surface area contributed by atoms with E-state index in [0.29, 0.717) is 5.69 Å². The number of carboxylic acid groups (broad SMARTS) is 1. The van der Waals surface area contributed by atoms with Gasteiger partial charge in [-0.1, -0.05) is 36.4 Å². The number of rotatable bonds is 6. The van der Waals surface area contributed by atoms with Crippen molar-refractivity contribution in [3.05, 3.63) is 83.7 Å². The first-order chi connectivity index (χ1) is 13.1. The molecular formula is C21H20N4O2. The number of hydrazone groups is 1. The summed E-state index contributed by atoms with van der Waals surface area (Å²) in [7, 11) is 0. The van der Waals surface area contributed by atoms with E-state index in [0.717, 1.165) is 22.6 Å². The molecule has 0 aliphatic carbocycles. The van der Waals surface area contributed by atoms with Gasteiger partial charge in [0.2, 0.25) is 0 Å². The number of nitrogens with one attached hydrogen (secondary N) is 1. The van der Waals surface area contributed by atoms with Crippen LogP contribution in [0, 0.1) is 13.8 Å². The fraction of sp³-hybridized carbons (Fsp3) is 0.0952. The molecule has 1 heterocycles. The molecule has 3 rings (SSSR count). The van der Waals surface area contributed by atoms with Crippen molar-refractivity contribution in [1.82, 2.24) is 9.78 Å². The summed E-state index contributed by atoms with van der Waals surface area (Å²) in [5.41, 5.74) is 6.94. The van der Waals surface area contributed by atoms with Crippen LogP contribution >= 0.6 is 0 Å². The van der Waals surface area contributed by atoms with Gasteiger partial charge in [-0.3, -0.25) is 5.43 Å². The fourth-order valence-electron chi connectivity index (χ4n) is 2.67. The van der Waals surface area contributed by atoms with E-state index in [2.05, 4.69) is 15.6 Å². The van der Waals surface area contributed by atoms with Gasteiger partial charge in [0.1, 0.15) is 0 Å². The van der Waals surface area contributed by atoms with Gasteiger partial charge in [0.05, 0.1) is 17.1 Å². The van der Waals surface area contributed by atoms with Crippen molar-refractivity contribution in [3.8, 4) is 5.69 Å². The highest BCUT2D eigenvalue weighted by Crippen LogP contribution is 2.19. The van der Waals surface area contributed by atoms with Gasteiger partial charge in [0, 0.05) is 11.3 Å². The lowest BCUT2D eigenvalue weighted by atomic mass is 10.1. The standard InChI is InChI=1S/C21H20N4O2/c1-15-19(16(2)25(24-15)18-11-7-4-8-12-18)13-14-20(21(26)27)23-22-17-9-5-3-6-10-17/h3-14,22H,1-2H3,(H,26,27)/b14-13+,23-20-. The summed E-state index contributed by atoms with van der Waals surface area (Å²) >= 11 is 0. The zero-order valence-electron chi connectivity index (χ0n) is 15.1. The van der Waals surface area contributed by atoms with E-state index in [9.17, 15) is 9.90 Å². The number of hydrogen-bond acceptors (Lipinski definition) is 4. The third-order valence-corrected chi connectivity index (χ3v) is 4.05. The molecule has 0 spiro atoms. The number of carbonyl (C=O) groups is 1. The molecule has 2 N–H and O–H groups in total. The molecule has 0 amide bonds. The number of aromatic nitrogens is 2. The monoisotopic (exact) mass is 360 g/mol. The summed E-state index contributed by atoms with van der Waals surface area (Å²) in [6.45, 7) is 3.85. The number of aryl methyl sites for hydroxylation is 1. The predicted molar refractivity (Wildman–Crippen MR) is 107 cm³/mol. The van der Waals surface area contributed by atoms with Crippen molar-refractivity contribution >= 4 is 23.4 Å². The fourth-order valence-corrected chi connectivity index (χ4v) is 2.67. The molecule has 3 aromatic rings. The highest BCUT2D eigenvalue weighted by atomic mass is 16.4. The van der Waals surface area contributed by atoms with Crippen LogP contribution in [0.25, 0.3) is 11.8 Å². The van der Waals surface area contributed by atoms with Crippen molar-refractivity contribution in [2.75, 3.05) is 5.43 Å². The number of aliphatic carboxylic acids is 1. The first-order valence-electron chi connectivity index (χ1n) is 8.48. The van der Waals surface area contributed by atoms with Gasteiger partial charge in [-0.2, -0.15) is 10.2 Å². The van der Waals surface area contributed by atoms with Gasteiger partial charge in [0.25, 0.3) is 0 Å². The van der Waals surface area contributed by atoms with E-state index < -0.39 is 5.97 Å². The van der Waals surface area contributed by atoms with Crippen LogP contribution in [0.15, 0.2) is 71.8 Å². The van der Waals surface area contributed by atoms with Gasteiger partial charge in [-0.25, -0.2) is 9.48 Å². The lowest BCUT2D eigenvalue weighted by molar-refractivity contribution is -0.129. The minimum absolute atomic E-state index is 0.0925. The number of hydrogen-bond donors (Lipinski definition) is 2. The molecule has 6 nitrogen and oxygen atoms in total. The smallest absolute Gasteiger partial charge is 0.356 e. The molecule has 1 aromatic heterocycles. The molecule has 0 saturated heterocycles. The van der Waals surface area contributed by atoms with Gasteiger partial charge >= 0.3 is 5.97 Å². The largest absolute Gasteiger partial charge is 0.476 e. The molecule has 0 saturated carbocycles. The Hall–Kier alpha value is -3.67. The highest BCUT2D eigenvalue weighted by molar-refractivity contribution is 6.41. The highest BCUT2D eigenvalue weighted by Gasteiger charge is 2.12. The number of benzene rings is 2. The molecule has 2 aromatic carbocycles. The predicted octanol–water partition coefficient (Wildman–Crippen LogP) is 4.06. The molecular weight excluding hydrogens is 340 g/mol. The van der Waals surface area contributed by atoms with Gasteiger partial charge in [-0.05, 0) is 50.3 Å². The van der Waals surface area contributed by atoms with Crippen molar-refractivity contribution in [1.29, 1.82) is 0 Å². The average Bonchev–Trinajstić information content (AvgIpc) is 2.97. The Kier molecular flexibility index (Phi) is 5.47. The molecule has 27 heavy (non-hydrogen) atoms. The Morgan fingerprint density at radius 2 is 1.70 bits per heavy atom. The molecule has 0 atom stereocenters. The summed E-state index contributed by atoms with van der Waals surface area (Å²) < 4.78 is 1.84. The van der Waals surface area contributed by atoms with E-state index >= 15 is 0 Å². The maximum absolute atomic E-state index is 11.5. The molecule has 0 unspecified atom stereocenters. The summed E-state index contributed by atoms with van der Waals surface area (Å²) in [6, 6.07) is 19.0. The topological polar surface area (TPSA) is 79.5 Å². The molecule has 0 bridgehead atoms. The summed E-state index contributed by atoms with van der Waals surface area (Å²) in [5, 5.41) is 18.0. The van der Waals surface area contributed by atoms with Gasteiger partial charge < -0.3 is 5.11 Å². The Morgan fingerprint density at radius 1 is 1.07 bits per heavy atom. The lowest BCUT2D eigenvalue weighted by Gasteiger charge is -2.03. The second-order valence-electron chi connectivity index (χ2n) is 5.95. The normalized spacial score (nSPS) is 11.7. The Bertz CT molecular complexity index is 990. The Labute approximate surface area is 157 Å². The van der Waals surface area contributed by atoms with Gasteiger partial charge in [-0.15, -0.1) is 0 Å². The molecule has 6 heteroatoms. The van der Waals surface area contributed by atoms with Crippen LogP contribution in [0.1, 0.15) is 17.0 Å². The molecule has 0 fully saturated rings. The minimum atomic E-state index is -1.11. The van der Waals surface area contributed by atoms with Crippen molar-refractivity contribution in [3.63, 3.8) is 0 Å². The molecule has 136 valence electrons. The second kappa shape index (κ2) is 8.14. The first kappa shape index (κ1) is 18.1. The minimum Gasteiger partial charge on any atom is -0.476 e. The number of para-hydroxylation sites is 2. The van der Waals surface area contributed by atoms with Crippen LogP contribution in [-0.4, -0.2) is 26.6 Å². The average molecular weight is 360 g/mol. The summed E-state index contributed by atoms with van der Waals surface area (Å²) in [5.74, 6) is -1.11. The van der Waals surface area contributed by atoms with E-state index in [1.54, 1.807) is 6.08 Å². The zero-order valence-corrected chi connectivity index (χ0v) is 15.1. The van der Waals surface area contributed by atoms with Crippen LogP contribution < -0.4 is 5.43 Å². The van der Waals surface area contributed by atoms with E-state index in [1.807, 2.05) is 79.2 Å². The number of anilines is 1. The van der Waals surface area contributed by atoms with E-state index in [-0.39, 0.29) is 5.71 Å². The van der Waals surface area contributed by atoms with Crippen LogP contribution in [0.3, 0.4) is 0 Å². The molecule has 0 radical (unpaired) electrons. The van der Waals surface area contributed by atoms with Crippen LogP contribution in [0.4, 0.5) is 5.69 Å².